The summed E-state index contributed by atoms with van der Waals surface area (Å²) >= 11 is 1.64. The number of hydrogen-bond acceptors (Lipinski definition) is 4. The lowest BCUT2D eigenvalue weighted by Gasteiger charge is -2.24. The van der Waals surface area contributed by atoms with Crippen molar-refractivity contribution >= 4 is 21.6 Å². The highest BCUT2D eigenvalue weighted by Gasteiger charge is 2.25. The average Bonchev–Trinajstić information content (AvgIpc) is 2.86. The predicted molar refractivity (Wildman–Crippen MR) is 166 cm³/mol. The third kappa shape index (κ3) is 8.22. The van der Waals surface area contributed by atoms with Crippen LogP contribution in [0.4, 0.5) is 0 Å². The van der Waals surface area contributed by atoms with Gasteiger partial charge in [-0.2, -0.15) is 0 Å². The van der Waals surface area contributed by atoms with Crippen LogP contribution in [0.1, 0.15) is 96.3 Å². The summed E-state index contributed by atoms with van der Waals surface area (Å²) in [4.78, 5) is 19.1. The van der Waals surface area contributed by atoms with Crippen LogP contribution in [0.2, 0.25) is 0 Å². The van der Waals surface area contributed by atoms with E-state index in [9.17, 15) is 9.90 Å². The van der Waals surface area contributed by atoms with Gasteiger partial charge in [-0.25, -0.2) is 4.98 Å². The SMILES string of the molecule is CC(C)=CCC/C(C)=C/CC/C(C)=C/CCC(C)(O)CCc1c2sc3ccccc3nc-2c(C)c(C)c1=O. The highest BCUT2D eigenvalue weighted by Crippen LogP contribution is 2.36. The van der Waals surface area contributed by atoms with E-state index in [1.165, 1.54) is 16.7 Å². The summed E-state index contributed by atoms with van der Waals surface area (Å²) in [6.07, 6.45) is 13.9. The molecular formula is C34H45NO2S. The number of benzene rings is 2. The Morgan fingerprint density at radius 1 is 0.921 bits per heavy atom. The Bertz CT molecular complexity index is 1370. The Hall–Kier alpha value is -2.56. The van der Waals surface area contributed by atoms with Crippen LogP contribution in [0.5, 0.6) is 0 Å². The van der Waals surface area contributed by atoms with Gasteiger partial charge in [0, 0.05) is 11.1 Å². The first kappa shape index (κ1) is 30.0. The van der Waals surface area contributed by atoms with E-state index in [4.69, 9.17) is 4.98 Å². The molecule has 1 aromatic carbocycles. The Morgan fingerprint density at radius 2 is 1.55 bits per heavy atom. The lowest BCUT2D eigenvalue weighted by Crippen LogP contribution is -2.26. The van der Waals surface area contributed by atoms with E-state index in [0.717, 1.165) is 69.6 Å². The molecule has 1 N–H and O–H groups in total. The summed E-state index contributed by atoms with van der Waals surface area (Å²) in [6.45, 7) is 14.5. The van der Waals surface area contributed by atoms with Crippen LogP contribution in [-0.4, -0.2) is 15.7 Å². The van der Waals surface area contributed by atoms with Crippen LogP contribution in [-0.2, 0) is 6.42 Å². The molecule has 38 heavy (non-hydrogen) atoms. The van der Waals surface area contributed by atoms with Gasteiger partial charge in [0.15, 0.2) is 5.43 Å². The second kappa shape index (κ2) is 13.5. The summed E-state index contributed by atoms with van der Waals surface area (Å²) in [5.41, 5.74) is 7.88. The zero-order valence-corrected chi connectivity index (χ0v) is 25.2. The van der Waals surface area contributed by atoms with E-state index < -0.39 is 5.60 Å². The minimum Gasteiger partial charge on any atom is -0.390 e. The molecule has 204 valence electrons. The number of fused-ring (bicyclic) bond motifs is 2. The molecule has 0 saturated carbocycles. The van der Waals surface area contributed by atoms with Gasteiger partial charge in [0.05, 0.1) is 26.4 Å². The topological polar surface area (TPSA) is 50.2 Å². The van der Waals surface area contributed by atoms with Crippen molar-refractivity contribution in [2.75, 3.05) is 0 Å². The van der Waals surface area contributed by atoms with E-state index >= 15 is 0 Å². The number of aliphatic hydroxyl groups is 1. The molecule has 0 spiro atoms. The molecule has 0 aromatic heterocycles. The third-order valence-electron chi connectivity index (χ3n) is 7.54. The van der Waals surface area contributed by atoms with Crippen molar-refractivity contribution in [2.45, 2.75) is 105 Å². The molecule has 1 aromatic rings. The largest absolute Gasteiger partial charge is 0.390 e. The van der Waals surface area contributed by atoms with Gasteiger partial charge in [0.1, 0.15) is 0 Å². The molecular weight excluding hydrogens is 486 g/mol. The average molecular weight is 532 g/mol. The first-order valence-electron chi connectivity index (χ1n) is 14.0. The van der Waals surface area contributed by atoms with E-state index in [-0.39, 0.29) is 5.43 Å². The molecule has 2 aliphatic rings. The Morgan fingerprint density at radius 3 is 2.24 bits per heavy atom. The fourth-order valence-electron chi connectivity index (χ4n) is 4.82. The molecule has 1 atom stereocenters. The molecule has 1 heterocycles. The van der Waals surface area contributed by atoms with Crippen molar-refractivity contribution < 1.29 is 5.11 Å². The third-order valence-corrected chi connectivity index (χ3v) is 8.75. The van der Waals surface area contributed by atoms with Gasteiger partial charge in [-0.3, -0.25) is 4.79 Å². The quantitative estimate of drug-likeness (QED) is 0.187. The van der Waals surface area contributed by atoms with Crippen LogP contribution >= 0.6 is 11.3 Å². The van der Waals surface area contributed by atoms with Crippen LogP contribution in [0, 0.1) is 13.8 Å². The molecule has 4 heteroatoms. The van der Waals surface area contributed by atoms with Crippen LogP contribution in [0.15, 0.2) is 64.0 Å². The highest BCUT2D eigenvalue weighted by atomic mass is 32.1. The maximum atomic E-state index is 13.3. The summed E-state index contributed by atoms with van der Waals surface area (Å²) < 4.78 is 1.08. The highest BCUT2D eigenvalue weighted by molar-refractivity contribution is 7.21. The van der Waals surface area contributed by atoms with Crippen LogP contribution in [0.25, 0.3) is 20.8 Å². The first-order chi connectivity index (χ1) is 18.0. The second-order valence-electron chi connectivity index (χ2n) is 11.4. The summed E-state index contributed by atoms with van der Waals surface area (Å²) in [7, 11) is 0. The van der Waals surface area contributed by atoms with Crippen molar-refractivity contribution in [3.63, 3.8) is 0 Å². The van der Waals surface area contributed by atoms with Crippen LogP contribution < -0.4 is 5.43 Å². The number of rotatable bonds is 12. The molecule has 0 radical (unpaired) electrons. The maximum absolute atomic E-state index is 13.3. The van der Waals surface area contributed by atoms with Crippen LogP contribution in [0.3, 0.4) is 0 Å². The lowest BCUT2D eigenvalue weighted by atomic mass is 9.89. The molecule has 1 aliphatic carbocycles. The summed E-state index contributed by atoms with van der Waals surface area (Å²) in [5.74, 6) is 0. The smallest absolute Gasteiger partial charge is 0.186 e. The number of allylic oxidation sites excluding steroid dienone is 6. The molecule has 0 amide bonds. The fraction of sp³-hybridized carbons (Fsp3) is 0.471. The van der Waals surface area contributed by atoms with E-state index in [0.29, 0.717) is 19.3 Å². The normalized spacial score (nSPS) is 14.2. The van der Waals surface area contributed by atoms with Gasteiger partial charge in [0.2, 0.25) is 0 Å². The molecule has 0 saturated heterocycles. The predicted octanol–water partition coefficient (Wildman–Crippen LogP) is 9.26. The molecule has 3 nitrogen and oxygen atoms in total. The first-order valence-corrected chi connectivity index (χ1v) is 14.8. The standard InChI is InChI=1S/C34H45NO2S/c1-23(2)13-10-14-24(3)15-11-16-25(4)17-12-21-34(7,37)22-20-28-32(36)27(6)26(5)31-33(28)38-30-19-9-8-18-29(30)35-31/h8-9,13,15,17-19,37H,10-12,14,16,20-22H2,1-7H3/b24-15+,25-17+. The zero-order chi connectivity index (χ0) is 27.9. The minimum absolute atomic E-state index is 0.0964. The van der Waals surface area contributed by atoms with Crippen molar-refractivity contribution in [3.8, 4) is 10.6 Å². The van der Waals surface area contributed by atoms with Gasteiger partial charge in [-0.1, -0.05) is 47.1 Å². The second-order valence-corrected chi connectivity index (χ2v) is 12.5. The Labute approximate surface area is 233 Å². The van der Waals surface area contributed by atoms with Gasteiger partial charge < -0.3 is 5.11 Å². The fourth-order valence-corrected chi connectivity index (χ4v) is 6.01. The van der Waals surface area contributed by atoms with Gasteiger partial charge in [-0.05, 0) is 118 Å². The maximum Gasteiger partial charge on any atom is 0.186 e. The molecule has 3 rings (SSSR count). The Balaban J connectivity index is 1.61. The van der Waals surface area contributed by atoms with Gasteiger partial charge in [-0.15, -0.1) is 11.3 Å². The van der Waals surface area contributed by atoms with Gasteiger partial charge >= 0.3 is 0 Å². The van der Waals surface area contributed by atoms with Crippen molar-refractivity contribution in [1.29, 1.82) is 0 Å². The molecule has 0 bridgehead atoms. The summed E-state index contributed by atoms with van der Waals surface area (Å²) in [5, 5.41) is 11.2. The molecule has 1 unspecified atom stereocenters. The minimum atomic E-state index is -0.829. The number of nitrogens with zero attached hydrogens (tertiary/aromatic N) is 1. The summed E-state index contributed by atoms with van der Waals surface area (Å²) in [6, 6.07) is 8.09. The number of para-hydroxylation sites is 1. The molecule has 1 aliphatic heterocycles. The van der Waals surface area contributed by atoms with E-state index in [1.807, 2.05) is 39.0 Å². The number of hydrogen-bond donors (Lipinski definition) is 1. The van der Waals surface area contributed by atoms with Crippen molar-refractivity contribution in [1.82, 2.24) is 4.98 Å². The van der Waals surface area contributed by atoms with E-state index in [1.54, 1.807) is 11.3 Å². The van der Waals surface area contributed by atoms with Gasteiger partial charge in [0.25, 0.3) is 0 Å². The zero-order valence-electron chi connectivity index (χ0n) is 24.4. The molecule has 0 fully saturated rings. The lowest BCUT2D eigenvalue weighted by molar-refractivity contribution is 0.0432. The van der Waals surface area contributed by atoms with Crippen molar-refractivity contribution in [2.24, 2.45) is 0 Å². The van der Waals surface area contributed by atoms with E-state index in [2.05, 4.69) is 52.0 Å². The number of aromatic nitrogens is 1. The Kier molecular flexibility index (Phi) is 10.6. The van der Waals surface area contributed by atoms with Crippen molar-refractivity contribution in [3.05, 3.63) is 86.1 Å². The monoisotopic (exact) mass is 531 g/mol.